The smallest absolute Gasteiger partial charge is 0.185 e. The van der Waals surface area contributed by atoms with Gasteiger partial charge in [0.1, 0.15) is 5.69 Å². The fraction of sp³-hybridized carbons (Fsp3) is 0.0769. The zero-order valence-electron chi connectivity index (χ0n) is 9.16. The third-order valence-corrected chi connectivity index (χ3v) is 3.59. The van der Waals surface area contributed by atoms with E-state index in [2.05, 4.69) is 20.9 Å². The van der Waals surface area contributed by atoms with Gasteiger partial charge in [-0.2, -0.15) is 0 Å². The average molecular weight is 345 g/mol. The molecule has 0 saturated heterocycles. The van der Waals surface area contributed by atoms with Crippen LogP contribution in [0.1, 0.15) is 16.1 Å². The molecule has 1 aromatic carbocycles. The van der Waals surface area contributed by atoms with E-state index >= 15 is 0 Å². The van der Waals surface area contributed by atoms with Crippen LogP contribution in [0.15, 0.2) is 41.0 Å². The third kappa shape index (κ3) is 3.10. The molecule has 0 fully saturated rings. The zero-order chi connectivity index (χ0) is 13.1. The van der Waals surface area contributed by atoms with Gasteiger partial charge >= 0.3 is 0 Å². The average Bonchev–Trinajstić information content (AvgIpc) is 2.34. The summed E-state index contributed by atoms with van der Waals surface area (Å²) in [6.07, 6.45) is 1.73. The molecule has 0 aliphatic carbocycles. The summed E-state index contributed by atoms with van der Waals surface area (Å²) < 4.78 is 0.829. The number of ketones is 1. The van der Waals surface area contributed by atoms with Gasteiger partial charge in [0.2, 0.25) is 0 Å². The van der Waals surface area contributed by atoms with E-state index in [4.69, 9.17) is 23.2 Å². The van der Waals surface area contributed by atoms with Crippen LogP contribution in [0.3, 0.4) is 0 Å². The number of hydrogen-bond acceptors (Lipinski definition) is 2. The maximum absolute atomic E-state index is 12.0. The van der Waals surface area contributed by atoms with Crippen molar-refractivity contribution in [2.24, 2.45) is 0 Å². The lowest BCUT2D eigenvalue weighted by Crippen LogP contribution is -2.06. The number of nitrogens with zero attached hydrogens (tertiary/aromatic N) is 1. The number of carbonyl (C=O) groups excluding carboxylic acids is 1. The van der Waals surface area contributed by atoms with Gasteiger partial charge in [0, 0.05) is 27.1 Å². The zero-order valence-corrected chi connectivity index (χ0v) is 12.3. The minimum Gasteiger partial charge on any atom is -0.292 e. The molecule has 1 heterocycles. The van der Waals surface area contributed by atoms with Crippen LogP contribution in [-0.2, 0) is 6.42 Å². The lowest BCUT2D eigenvalue weighted by molar-refractivity contribution is 0.0988. The highest BCUT2D eigenvalue weighted by Gasteiger charge is 2.13. The molecule has 0 unspecified atom stereocenters. The van der Waals surface area contributed by atoms with Crippen LogP contribution in [0.4, 0.5) is 0 Å². The molecule has 2 nitrogen and oxygen atoms in total. The molecular weight excluding hydrogens is 337 g/mol. The van der Waals surface area contributed by atoms with Gasteiger partial charge in [0.15, 0.2) is 5.78 Å². The molecule has 0 bridgehead atoms. The van der Waals surface area contributed by atoms with Crippen LogP contribution in [-0.4, -0.2) is 10.8 Å². The van der Waals surface area contributed by atoms with E-state index in [1.54, 1.807) is 36.5 Å². The van der Waals surface area contributed by atoms with Gasteiger partial charge in [-0.25, -0.2) is 0 Å². The summed E-state index contributed by atoms with van der Waals surface area (Å²) in [5, 5.41) is 0.987. The van der Waals surface area contributed by atoms with Crippen molar-refractivity contribution in [3.63, 3.8) is 0 Å². The Morgan fingerprint density at radius 1 is 1.17 bits per heavy atom. The van der Waals surface area contributed by atoms with Gasteiger partial charge in [0.05, 0.1) is 0 Å². The van der Waals surface area contributed by atoms with E-state index in [0.29, 0.717) is 21.3 Å². The summed E-state index contributed by atoms with van der Waals surface area (Å²) in [5.74, 6) is -0.113. The summed E-state index contributed by atoms with van der Waals surface area (Å²) in [7, 11) is 0. The molecule has 0 saturated carbocycles. The molecule has 0 radical (unpaired) electrons. The molecule has 0 atom stereocenters. The Balaban J connectivity index is 2.24. The van der Waals surface area contributed by atoms with Gasteiger partial charge < -0.3 is 0 Å². The molecule has 0 aliphatic rings. The van der Waals surface area contributed by atoms with Crippen LogP contribution < -0.4 is 0 Å². The SMILES string of the molecule is O=C(Cc1c(Cl)cccc1Cl)c1ccc(Br)cn1. The molecule has 18 heavy (non-hydrogen) atoms. The first-order valence-corrected chi connectivity index (χ1v) is 6.70. The van der Waals surface area contributed by atoms with Crippen molar-refractivity contribution in [1.29, 1.82) is 0 Å². The molecule has 0 aliphatic heterocycles. The monoisotopic (exact) mass is 343 g/mol. The highest BCUT2D eigenvalue weighted by atomic mass is 79.9. The Kier molecular flexibility index (Phi) is 4.38. The molecule has 2 rings (SSSR count). The quantitative estimate of drug-likeness (QED) is 0.763. The van der Waals surface area contributed by atoms with Gasteiger partial charge in [-0.3, -0.25) is 9.78 Å². The van der Waals surface area contributed by atoms with E-state index in [9.17, 15) is 4.79 Å². The first-order chi connectivity index (χ1) is 8.58. The van der Waals surface area contributed by atoms with Crippen molar-refractivity contribution in [2.45, 2.75) is 6.42 Å². The van der Waals surface area contributed by atoms with Gasteiger partial charge in [-0.1, -0.05) is 29.3 Å². The minimum absolute atomic E-state index is 0.113. The van der Waals surface area contributed by atoms with Crippen LogP contribution in [0.5, 0.6) is 0 Å². The van der Waals surface area contributed by atoms with Crippen molar-refractivity contribution in [1.82, 2.24) is 4.98 Å². The second-order valence-corrected chi connectivity index (χ2v) is 5.39. The van der Waals surface area contributed by atoms with Crippen LogP contribution in [0.2, 0.25) is 10.0 Å². The van der Waals surface area contributed by atoms with Crippen molar-refractivity contribution in [2.75, 3.05) is 0 Å². The van der Waals surface area contributed by atoms with Crippen LogP contribution >= 0.6 is 39.1 Å². The number of aromatic nitrogens is 1. The van der Waals surface area contributed by atoms with Crippen molar-refractivity contribution in [3.05, 3.63) is 62.3 Å². The number of carbonyl (C=O) groups is 1. The summed E-state index contributed by atoms with van der Waals surface area (Å²) >= 11 is 15.3. The van der Waals surface area contributed by atoms with E-state index in [1.165, 1.54) is 0 Å². The lowest BCUT2D eigenvalue weighted by Gasteiger charge is -2.05. The summed E-state index contributed by atoms with van der Waals surface area (Å²) in [6, 6.07) is 8.61. The standard InChI is InChI=1S/C13H8BrCl2NO/c14-8-4-5-12(17-7-8)13(18)6-9-10(15)2-1-3-11(9)16/h1-5,7H,6H2. The lowest BCUT2D eigenvalue weighted by atomic mass is 10.1. The highest BCUT2D eigenvalue weighted by Crippen LogP contribution is 2.25. The normalized spacial score (nSPS) is 10.4. The Bertz CT molecular complexity index is 564. The molecule has 0 amide bonds. The largest absolute Gasteiger partial charge is 0.292 e. The first-order valence-electron chi connectivity index (χ1n) is 5.15. The first kappa shape index (κ1) is 13.5. The molecule has 5 heteroatoms. The Hall–Kier alpha value is -0.900. The van der Waals surface area contributed by atoms with E-state index in [1.807, 2.05) is 0 Å². The van der Waals surface area contributed by atoms with Crippen molar-refractivity contribution in [3.8, 4) is 0 Å². The highest BCUT2D eigenvalue weighted by molar-refractivity contribution is 9.10. The molecule has 1 aromatic heterocycles. The Morgan fingerprint density at radius 3 is 2.39 bits per heavy atom. The van der Waals surface area contributed by atoms with Gasteiger partial charge in [-0.15, -0.1) is 0 Å². The van der Waals surface area contributed by atoms with Gasteiger partial charge in [-0.05, 0) is 45.8 Å². The van der Waals surface area contributed by atoms with E-state index in [-0.39, 0.29) is 12.2 Å². The maximum atomic E-state index is 12.0. The maximum Gasteiger partial charge on any atom is 0.185 e. The second-order valence-electron chi connectivity index (χ2n) is 3.66. The fourth-order valence-electron chi connectivity index (χ4n) is 1.49. The number of Topliss-reactive ketones (excluding diaryl/α,β-unsaturated/α-hetero) is 1. The third-order valence-electron chi connectivity index (χ3n) is 2.41. The molecule has 2 aromatic rings. The number of halogens is 3. The summed E-state index contributed by atoms with van der Waals surface area (Å²) in [4.78, 5) is 16.1. The Morgan fingerprint density at radius 2 is 1.83 bits per heavy atom. The Labute approximate surface area is 123 Å². The van der Waals surface area contributed by atoms with Crippen molar-refractivity contribution >= 4 is 44.9 Å². The predicted molar refractivity (Wildman–Crippen MR) is 76.4 cm³/mol. The second kappa shape index (κ2) is 5.83. The van der Waals surface area contributed by atoms with E-state index < -0.39 is 0 Å². The molecule has 92 valence electrons. The van der Waals surface area contributed by atoms with Gasteiger partial charge in [0.25, 0.3) is 0 Å². The number of hydrogen-bond donors (Lipinski definition) is 0. The minimum atomic E-state index is -0.113. The molecule has 0 spiro atoms. The van der Waals surface area contributed by atoms with Crippen molar-refractivity contribution < 1.29 is 4.79 Å². The fourth-order valence-corrected chi connectivity index (χ4v) is 2.26. The molecule has 0 N–H and O–H groups in total. The number of benzene rings is 1. The summed E-state index contributed by atoms with van der Waals surface area (Å²) in [5.41, 5.74) is 1.03. The van der Waals surface area contributed by atoms with Crippen LogP contribution in [0.25, 0.3) is 0 Å². The summed E-state index contributed by atoms with van der Waals surface area (Å²) in [6.45, 7) is 0. The van der Waals surface area contributed by atoms with Crippen LogP contribution in [0, 0.1) is 0 Å². The van der Waals surface area contributed by atoms with E-state index in [0.717, 1.165) is 4.47 Å². The predicted octanol–water partition coefficient (Wildman–Crippen LogP) is 4.58. The molecular formula is C13H8BrCl2NO. The number of rotatable bonds is 3. The topological polar surface area (TPSA) is 30.0 Å². The number of pyridine rings is 1.